The van der Waals surface area contributed by atoms with E-state index in [-0.39, 0.29) is 10.7 Å². The first-order valence-corrected chi connectivity index (χ1v) is 6.07. The summed E-state index contributed by atoms with van der Waals surface area (Å²) >= 11 is 5.81. The number of benzene rings is 1. The number of nitro groups is 1. The number of para-hydroxylation sites is 1. The summed E-state index contributed by atoms with van der Waals surface area (Å²) in [4.78, 5) is 14.4. The number of rotatable bonds is 6. The second-order valence-corrected chi connectivity index (χ2v) is 4.26. The predicted octanol–water partition coefficient (Wildman–Crippen LogP) is 2.41. The molecule has 0 aliphatic carbocycles. The molecule has 1 heterocycles. The van der Waals surface area contributed by atoms with Gasteiger partial charge in [0, 0.05) is 13.0 Å². The smallest absolute Gasteiger partial charge is 0.310 e. The van der Waals surface area contributed by atoms with Gasteiger partial charge in [0.05, 0.1) is 4.92 Å². The van der Waals surface area contributed by atoms with Crippen LogP contribution in [-0.2, 0) is 6.42 Å². The molecular formula is C11H12ClN5O2. The average molecular weight is 282 g/mol. The van der Waals surface area contributed by atoms with Crippen molar-refractivity contribution in [2.75, 3.05) is 11.9 Å². The highest BCUT2D eigenvalue weighted by atomic mass is 35.5. The van der Waals surface area contributed by atoms with Crippen molar-refractivity contribution in [1.29, 1.82) is 0 Å². The molecule has 0 saturated heterocycles. The third-order valence-corrected chi connectivity index (χ3v) is 2.85. The van der Waals surface area contributed by atoms with E-state index < -0.39 is 4.92 Å². The molecule has 8 heteroatoms. The van der Waals surface area contributed by atoms with E-state index in [2.05, 4.69) is 20.5 Å². The summed E-state index contributed by atoms with van der Waals surface area (Å²) in [5.41, 5.74) is 0.332. The van der Waals surface area contributed by atoms with Gasteiger partial charge in [0.15, 0.2) is 0 Å². The number of aromatic nitrogens is 3. The van der Waals surface area contributed by atoms with Gasteiger partial charge in [0.1, 0.15) is 22.9 Å². The summed E-state index contributed by atoms with van der Waals surface area (Å²) in [6, 6.07) is 4.81. The summed E-state index contributed by atoms with van der Waals surface area (Å²) in [5.74, 6) is 0.794. The Balaban J connectivity index is 1.92. The zero-order chi connectivity index (χ0) is 13.7. The number of anilines is 1. The number of halogens is 1. The Morgan fingerprint density at radius 2 is 2.32 bits per heavy atom. The molecule has 0 bridgehead atoms. The van der Waals surface area contributed by atoms with E-state index in [9.17, 15) is 10.1 Å². The topological polar surface area (TPSA) is 96.7 Å². The highest BCUT2D eigenvalue weighted by Gasteiger charge is 2.17. The monoisotopic (exact) mass is 281 g/mol. The lowest BCUT2D eigenvalue weighted by Gasteiger charge is -2.07. The minimum absolute atomic E-state index is 0.0937. The van der Waals surface area contributed by atoms with Gasteiger partial charge in [0.25, 0.3) is 0 Å². The van der Waals surface area contributed by atoms with Gasteiger partial charge in [-0.15, -0.1) is 0 Å². The lowest BCUT2D eigenvalue weighted by Crippen LogP contribution is -2.06. The van der Waals surface area contributed by atoms with Crippen LogP contribution in [0.3, 0.4) is 0 Å². The molecule has 0 unspecified atom stereocenters. The summed E-state index contributed by atoms with van der Waals surface area (Å²) < 4.78 is 0. The van der Waals surface area contributed by atoms with Crippen LogP contribution in [0.25, 0.3) is 0 Å². The van der Waals surface area contributed by atoms with Gasteiger partial charge in [-0.3, -0.25) is 15.2 Å². The number of nitrogens with zero attached hydrogens (tertiary/aromatic N) is 3. The Hall–Kier alpha value is -2.15. The quantitative estimate of drug-likeness (QED) is 0.481. The maximum Gasteiger partial charge on any atom is 0.310 e. The maximum absolute atomic E-state index is 10.9. The molecule has 1 aromatic carbocycles. The van der Waals surface area contributed by atoms with Crippen molar-refractivity contribution in [2.24, 2.45) is 0 Å². The zero-order valence-electron chi connectivity index (χ0n) is 9.97. The van der Waals surface area contributed by atoms with Gasteiger partial charge >= 0.3 is 5.69 Å². The largest absolute Gasteiger partial charge is 0.379 e. The average Bonchev–Trinajstić information content (AvgIpc) is 2.87. The van der Waals surface area contributed by atoms with Crippen molar-refractivity contribution in [3.8, 4) is 0 Å². The van der Waals surface area contributed by atoms with Crippen LogP contribution in [0.4, 0.5) is 11.4 Å². The van der Waals surface area contributed by atoms with Gasteiger partial charge in [-0.05, 0) is 18.6 Å². The summed E-state index contributed by atoms with van der Waals surface area (Å²) in [6.45, 7) is 0.585. The Morgan fingerprint density at radius 1 is 1.47 bits per heavy atom. The lowest BCUT2D eigenvalue weighted by atomic mass is 10.2. The SMILES string of the molecule is O=[N+]([O-])c1c(Cl)cccc1NCCCc1ncn[nH]1. The Kier molecular flexibility index (Phi) is 4.30. The van der Waals surface area contributed by atoms with E-state index in [1.54, 1.807) is 12.1 Å². The molecule has 2 aromatic rings. The number of nitrogens with one attached hydrogen (secondary N) is 2. The minimum Gasteiger partial charge on any atom is -0.379 e. The van der Waals surface area contributed by atoms with Crippen LogP contribution in [0.15, 0.2) is 24.5 Å². The fourth-order valence-electron chi connectivity index (χ4n) is 1.67. The van der Waals surface area contributed by atoms with Gasteiger partial charge in [-0.1, -0.05) is 17.7 Å². The second kappa shape index (κ2) is 6.14. The molecule has 2 N–H and O–H groups in total. The first-order chi connectivity index (χ1) is 9.18. The first kappa shape index (κ1) is 13.3. The van der Waals surface area contributed by atoms with Gasteiger partial charge in [-0.25, -0.2) is 4.98 Å². The normalized spacial score (nSPS) is 10.4. The van der Waals surface area contributed by atoms with Crippen molar-refractivity contribution < 1.29 is 4.92 Å². The second-order valence-electron chi connectivity index (χ2n) is 3.86. The zero-order valence-corrected chi connectivity index (χ0v) is 10.7. The lowest BCUT2D eigenvalue weighted by molar-refractivity contribution is -0.383. The molecule has 0 fully saturated rings. The Labute approximate surface area is 114 Å². The fraction of sp³-hybridized carbons (Fsp3) is 0.273. The molecule has 0 aliphatic heterocycles. The van der Waals surface area contributed by atoms with E-state index in [1.165, 1.54) is 12.4 Å². The summed E-state index contributed by atoms with van der Waals surface area (Å²) in [6.07, 6.45) is 2.95. The number of hydrogen-bond acceptors (Lipinski definition) is 5. The van der Waals surface area contributed by atoms with E-state index in [1.807, 2.05) is 0 Å². The van der Waals surface area contributed by atoms with Crippen LogP contribution < -0.4 is 5.32 Å². The van der Waals surface area contributed by atoms with Crippen molar-refractivity contribution in [3.63, 3.8) is 0 Å². The number of aryl methyl sites for hydroxylation is 1. The fourth-order valence-corrected chi connectivity index (χ4v) is 1.92. The van der Waals surface area contributed by atoms with Crippen molar-refractivity contribution >= 4 is 23.0 Å². The van der Waals surface area contributed by atoms with E-state index in [0.717, 1.165) is 18.7 Å². The molecule has 0 radical (unpaired) electrons. The summed E-state index contributed by atoms with van der Waals surface area (Å²) in [5, 5.41) is 20.6. The van der Waals surface area contributed by atoms with E-state index >= 15 is 0 Å². The highest BCUT2D eigenvalue weighted by molar-refractivity contribution is 6.33. The van der Waals surface area contributed by atoms with Crippen molar-refractivity contribution in [3.05, 3.63) is 45.5 Å². The molecule has 7 nitrogen and oxygen atoms in total. The molecule has 19 heavy (non-hydrogen) atoms. The van der Waals surface area contributed by atoms with Crippen molar-refractivity contribution in [1.82, 2.24) is 15.2 Å². The van der Waals surface area contributed by atoms with Crippen LogP contribution in [-0.4, -0.2) is 26.6 Å². The van der Waals surface area contributed by atoms with Crippen LogP contribution in [0.2, 0.25) is 5.02 Å². The van der Waals surface area contributed by atoms with Gasteiger partial charge < -0.3 is 5.32 Å². The maximum atomic E-state index is 10.9. The van der Waals surface area contributed by atoms with E-state index in [4.69, 9.17) is 11.6 Å². The summed E-state index contributed by atoms with van der Waals surface area (Å²) in [7, 11) is 0. The molecule has 0 atom stereocenters. The number of nitro benzene ring substituents is 1. The molecule has 100 valence electrons. The van der Waals surface area contributed by atoms with Crippen LogP contribution >= 0.6 is 11.6 Å². The molecule has 0 saturated carbocycles. The van der Waals surface area contributed by atoms with Crippen LogP contribution in [0.1, 0.15) is 12.2 Å². The predicted molar refractivity (Wildman–Crippen MR) is 71.3 cm³/mol. The Morgan fingerprint density at radius 3 is 3.00 bits per heavy atom. The number of hydrogen-bond donors (Lipinski definition) is 2. The number of H-pyrrole nitrogens is 1. The third kappa shape index (κ3) is 3.41. The van der Waals surface area contributed by atoms with Crippen LogP contribution in [0.5, 0.6) is 0 Å². The van der Waals surface area contributed by atoms with Gasteiger partial charge in [-0.2, -0.15) is 5.10 Å². The van der Waals surface area contributed by atoms with Crippen LogP contribution in [0, 0.1) is 10.1 Å². The van der Waals surface area contributed by atoms with E-state index in [0.29, 0.717) is 12.2 Å². The number of aromatic amines is 1. The Bertz CT molecular complexity index is 558. The molecule has 1 aromatic heterocycles. The molecular weight excluding hydrogens is 270 g/mol. The highest BCUT2D eigenvalue weighted by Crippen LogP contribution is 2.32. The standard InChI is InChI=1S/C11H12ClN5O2/c12-8-3-1-4-9(11(8)17(18)19)13-6-2-5-10-14-7-15-16-10/h1,3-4,7,13H,2,5-6H2,(H,14,15,16). The van der Waals surface area contributed by atoms with Gasteiger partial charge in [0.2, 0.25) is 0 Å². The minimum atomic E-state index is -0.485. The molecule has 0 amide bonds. The molecule has 2 rings (SSSR count). The van der Waals surface area contributed by atoms with Crippen molar-refractivity contribution in [2.45, 2.75) is 12.8 Å². The molecule has 0 aliphatic rings. The third-order valence-electron chi connectivity index (χ3n) is 2.54. The molecule has 0 spiro atoms. The first-order valence-electron chi connectivity index (χ1n) is 5.69.